The predicted molar refractivity (Wildman–Crippen MR) is 59.2 cm³/mol. The number of phenolic OH excluding ortho intramolecular Hbond substituents is 1. The number of hydrogen-bond acceptors (Lipinski definition) is 4. The fraction of sp³-hybridized carbons (Fsp3) is 0.182. The van der Waals surface area contributed by atoms with Crippen LogP contribution in [0.4, 0.5) is 4.39 Å². The topological polar surface area (TPSA) is 42.4 Å². The number of phenols is 1. The number of halogens is 1. The quantitative estimate of drug-likeness (QED) is 0.894. The van der Waals surface area contributed by atoms with Gasteiger partial charge < -0.3 is 9.84 Å². The van der Waals surface area contributed by atoms with Crippen molar-refractivity contribution in [3.8, 4) is 11.5 Å². The molecule has 0 aliphatic rings. The number of rotatable bonds is 3. The second kappa shape index (κ2) is 4.49. The van der Waals surface area contributed by atoms with Crippen molar-refractivity contribution in [1.29, 1.82) is 0 Å². The maximum atomic E-state index is 12.7. The SMILES string of the molecule is CC(Oc1ccc(F)cc1O)c1cscn1. The maximum Gasteiger partial charge on any atom is 0.162 e. The van der Waals surface area contributed by atoms with Gasteiger partial charge in [0.15, 0.2) is 11.5 Å². The lowest BCUT2D eigenvalue weighted by atomic mass is 10.3. The Morgan fingerprint density at radius 3 is 2.94 bits per heavy atom. The zero-order valence-corrected chi connectivity index (χ0v) is 9.37. The number of ether oxygens (including phenoxy) is 1. The van der Waals surface area contributed by atoms with E-state index in [4.69, 9.17) is 4.74 Å². The van der Waals surface area contributed by atoms with E-state index in [1.807, 2.05) is 12.3 Å². The van der Waals surface area contributed by atoms with Crippen LogP contribution in [-0.2, 0) is 0 Å². The molecule has 3 nitrogen and oxygen atoms in total. The zero-order chi connectivity index (χ0) is 11.5. The minimum absolute atomic E-state index is 0.206. The van der Waals surface area contributed by atoms with Crippen molar-refractivity contribution in [2.75, 3.05) is 0 Å². The number of nitrogens with zero attached hydrogens (tertiary/aromatic N) is 1. The Balaban J connectivity index is 2.15. The van der Waals surface area contributed by atoms with Gasteiger partial charge in [0.2, 0.25) is 0 Å². The summed E-state index contributed by atoms with van der Waals surface area (Å²) < 4.78 is 18.2. The van der Waals surface area contributed by atoms with Gasteiger partial charge in [-0.3, -0.25) is 0 Å². The smallest absolute Gasteiger partial charge is 0.162 e. The first-order valence-electron chi connectivity index (χ1n) is 4.70. The van der Waals surface area contributed by atoms with Crippen LogP contribution in [0.15, 0.2) is 29.1 Å². The van der Waals surface area contributed by atoms with Crippen molar-refractivity contribution in [1.82, 2.24) is 4.98 Å². The van der Waals surface area contributed by atoms with Crippen LogP contribution < -0.4 is 4.74 Å². The lowest BCUT2D eigenvalue weighted by molar-refractivity contribution is 0.213. The average molecular weight is 239 g/mol. The summed E-state index contributed by atoms with van der Waals surface area (Å²) in [5.74, 6) is -0.449. The Labute approximate surface area is 96.2 Å². The van der Waals surface area contributed by atoms with Gasteiger partial charge in [-0.25, -0.2) is 9.37 Å². The minimum Gasteiger partial charge on any atom is -0.504 e. The van der Waals surface area contributed by atoms with Crippen LogP contribution in [0.1, 0.15) is 18.7 Å². The molecule has 0 bridgehead atoms. The van der Waals surface area contributed by atoms with E-state index in [1.54, 1.807) is 5.51 Å². The molecule has 2 aromatic rings. The second-order valence-corrected chi connectivity index (χ2v) is 4.00. The van der Waals surface area contributed by atoms with Gasteiger partial charge in [-0.15, -0.1) is 11.3 Å². The van der Waals surface area contributed by atoms with Crippen LogP contribution in [0.3, 0.4) is 0 Å². The summed E-state index contributed by atoms with van der Waals surface area (Å²) in [7, 11) is 0. The molecule has 0 fully saturated rings. The van der Waals surface area contributed by atoms with Crippen LogP contribution in [0.5, 0.6) is 11.5 Å². The number of hydrogen-bond donors (Lipinski definition) is 1. The first-order valence-corrected chi connectivity index (χ1v) is 5.64. The van der Waals surface area contributed by atoms with Crippen LogP contribution in [-0.4, -0.2) is 10.1 Å². The summed E-state index contributed by atoms with van der Waals surface area (Å²) in [5.41, 5.74) is 2.49. The molecule has 0 aliphatic carbocycles. The zero-order valence-electron chi connectivity index (χ0n) is 8.55. The van der Waals surface area contributed by atoms with E-state index in [0.29, 0.717) is 0 Å². The molecule has 1 unspecified atom stereocenters. The largest absolute Gasteiger partial charge is 0.504 e. The van der Waals surface area contributed by atoms with Gasteiger partial charge in [-0.1, -0.05) is 0 Å². The third-order valence-corrected chi connectivity index (χ3v) is 2.70. The van der Waals surface area contributed by atoms with E-state index < -0.39 is 5.82 Å². The van der Waals surface area contributed by atoms with E-state index in [1.165, 1.54) is 23.5 Å². The van der Waals surface area contributed by atoms with Crippen molar-refractivity contribution < 1.29 is 14.2 Å². The molecule has 1 heterocycles. The molecule has 16 heavy (non-hydrogen) atoms. The monoisotopic (exact) mass is 239 g/mol. The number of benzene rings is 1. The summed E-state index contributed by atoms with van der Waals surface area (Å²) in [4.78, 5) is 4.10. The van der Waals surface area contributed by atoms with Gasteiger partial charge in [0, 0.05) is 11.4 Å². The molecular weight excluding hydrogens is 229 g/mol. The van der Waals surface area contributed by atoms with Crippen LogP contribution >= 0.6 is 11.3 Å². The van der Waals surface area contributed by atoms with Crippen LogP contribution in [0, 0.1) is 5.82 Å². The van der Waals surface area contributed by atoms with E-state index in [2.05, 4.69) is 4.98 Å². The lowest BCUT2D eigenvalue weighted by Gasteiger charge is -2.13. The molecule has 1 aromatic heterocycles. The van der Waals surface area contributed by atoms with Gasteiger partial charge >= 0.3 is 0 Å². The van der Waals surface area contributed by atoms with Gasteiger partial charge in [-0.2, -0.15) is 0 Å². The molecule has 0 saturated carbocycles. The predicted octanol–water partition coefficient (Wildman–Crippen LogP) is 3.13. The molecular formula is C11H10FNO2S. The first-order chi connectivity index (χ1) is 7.66. The Kier molecular flexibility index (Phi) is 3.05. The molecule has 0 radical (unpaired) electrons. The Morgan fingerprint density at radius 2 is 2.31 bits per heavy atom. The molecule has 0 amide bonds. The van der Waals surface area contributed by atoms with Gasteiger partial charge in [0.25, 0.3) is 0 Å². The van der Waals surface area contributed by atoms with Crippen molar-refractivity contribution in [3.63, 3.8) is 0 Å². The molecule has 1 N–H and O–H groups in total. The van der Waals surface area contributed by atoms with Crippen molar-refractivity contribution >= 4 is 11.3 Å². The van der Waals surface area contributed by atoms with Crippen molar-refractivity contribution in [2.45, 2.75) is 13.0 Å². The fourth-order valence-corrected chi connectivity index (χ4v) is 1.90. The molecule has 2 rings (SSSR count). The number of thiazole rings is 1. The number of aromatic nitrogens is 1. The molecule has 5 heteroatoms. The first kappa shape index (κ1) is 10.9. The molecule has 0 saturated heterocycles. The summed E-state index contributed by atoms with van der Waals surface area (Å²) >= 11 is 1.47. The Hall–Kier alpha value is -1.62. The van der Waals surface area contributed by atoms with Gasteiger partial charge in [0.1, 0.15) is 11.9 Å². The fourth-order valence-electron chi connectivity index (χ4n) is 1.26. The second-order valence-electron chi connectivity index (χ2n) is 3.29. The molecule has 1 atom stereocenters. The molecule has 84 valence electrons. The van der Waals surface area contributed by atoms with Crippen LogP contribution in [0.2, 0.25) is 0 Å². The molecule has 0 aliphatic heterocycles. The highest BCUT2D eigenvalue weighted by Crippen LogP contribution is 2.30. The summed E-state index contributed by atoms with van der Waals surface area (Å²) in [6.07, 6.45) is -0.275. The van der Waals surface area contributed by atoms with Crippen LogP contribution in [0.25, 0.3) is 0 Å². The standard InChI is InChI=1S/C11H10FNO2S/c1-7(9-5-16-6-13-9)15-11-3-2-8(12)4-10(11)14/h2-7,14H,1H3. The van der Waals surface area contributed by atoms with Gasteiger partial charge in [0.05, 0.1) is 11.2 Å². The summed E-state index contributed by atoms with van der Waals surface area (Å²) in [6.45, 7) is 1.82. The Morgan fingerprint density at radius 1 is 1.50 bits per heavy atom. The van der Waals surface area contributed by atoms with E-state index >= 15 is 0 Å². The maximum absolute atomic E-state index is 12.7. The van der Waals surface area contributed by atoms with Crippen molar-refractivity contribution in [3.05, 3.63) is 40.6 Å². The minimum atomic E-state index is -0.494. The molecule has 1 aromatic carbocycles. The van der Waals surface area contributed by atoms with E-state index in [9.17, 15) is 9.50 Å². The third-order valence-electron chi connectivity index (χ3n) is 2.09. The average Bonchev–Trinajstić information content (AvgIpc) is 2.75. The normalized spacial score (nSPS) is 12.4. The van der Waals surface area contributed by atoms with Gasteiger partial charge in [-0.05, 0) is 19.1 Å². The highest BCUT2D eigenvalue weighted by atomic mass is 32.1. The van der Waals surface area contributed by atoms with E-state index in [-0.39, 0.29) is 17.6 Å². The number of aromatic hydroxyl groups is 1. The molecule has 0 spiro atoms. The van der Waals surface area contributed by atoms with Crippen molar-refractivity contribution in [2.24, 2.45) is 0 Å². The third kappa shape index (κ3) is 2.30. The highest BCUT2D eigenvalue weighted by Gasteiger charge is 2.12. The summed E-state index contributed by atoms with van der Waals surface area (Å²) in [5, 5.41) is 11.3. The van der Waals surface area contributed by atoms with E-state index in [0.717, 1.165) is 11.8 Å². The highest BCUT2D eigenvalue weighted by molar-refractivity contribution is 7.07. The summed E-state index contributed by atoms with van der Waals surface area (Å²) in [6, 6.07) is 3.65. The Bertz CT molecular complexity index is 473. The lowest BCUT2D eigenvalue weighted by Crippen LogP contribution is -2.03.